The third kappa shape index (κ3) is 3.44. The van der Waals surface area contributed by atoms with Gasteiger partial charge >= 0.3 is 0 Å². The van der Waals surface area contributed by atoms with Gasteiger partial charge in [0.25, 0.3) is 0 Å². The molecule has 0 aromatic carbocycles. The lowest BCUT2D eigenvalue weighted by Crippen LogP contribution is -2.43. The van der Waals surface area contributed by atoms with Gasteiger partial charge in [0.2, 0.25) is 11.8 Å². The van der Waals surface area contributed by atoms with Gasteiger partial charge in [-0.25, -0.2) is 0 Å². The van der Waals surface area contributed by atoms with E-state index in [1.165, 1.54) is 5.56 Å². The number of hydrogen-bond donors (Lipinski definition) is 1. The van der Waals surface area contributed by atoms with E-state index in [1.54, 1.807) is 22.3 Å². The quantitative estimate of drug-likeness (QED) is 0.857. The van der Waals surface area contributed by atoms with Gasteiger partial charge in [-0.3, -0.25) is 9.59 Å². The maximum Gasteiger partial charge on any atom is 0.246 e. The number of carbonyl (C=O) groups excluding carboxylic acids is 2. The third-order valence-corrected chi connectivity index (χ3v) is 4.40. The monoisotopic (exact) mass is 278 g/mol. The second-order valence-electron chi connectivity index (χ2n) is 4.83. The minimum atomic E-state index is -0.310. The smallest absolute Gasteiger partial charge is 0.246 e. The molecule has 102 valence electrons. The maximum absolute atomic E-state index is 12.1. The molecule has 0 bridgehead atoms. The summed E-state index contributed by atoms with van der Waals surface area (Å²) in [7, 11) is 0. The highest BCUT2D eigenvalue weighted by atomic mass is 32.1. The predicted molar refractivity (Wildman–Crippen MR) is 76.6 cm³/mol. The van der Waals surface area contributed by atoms with Gasteiger partial charge in [-0.05, 0) is 42.9 Å². The standard InChI is InChI=1S/C14H18N2O2S/c1-10-6-8-19-12(10)4-5-13(17)16-7-2-3-11(9-16)14(15)18/h4-6,8,11H,2-3,7,9H2,1H3,(H2,15,18)/b5-4+. The molecular formula is C14H18N2O2S. The van der Waals surface area contributed by atoms with E-state index in [0.29, 0.717) is 13.1 Å². The Morgan fingerprint density at radius 2 is 2.32 bits per heavy atom. The lowest BCUT2D eigenvalue weighted by atomic mass is 9.97. The topological polar surface area (TPSA) is 63.4 Å². The van der Waals surface area contributed by atoms with Crippen molar-refractivity contribution in [1.82, 2.24) is 4.90 Å². The minimum absolute atomic E-state index is 0.0428. The van der Waals surface area contributed by atoms with Crippen LogP contribution < -0.4 is 5.73 Å². The van der Waals surface area contributed by atoms with Gasteiger partial charge in [-0.1, -0.05) is 0 Å². The van der Waals surface area contributed by atoms with Gasteiger partial charge < -0.3 is 10.6 Å². The largest absolute Gasteiger partial charge is 0.369 e. The van der Waals surface area contributed by atoms with Gasteiger partial charge in [0.15, 0.2) is 0 Å². The van der Waals surface area contributed by atoms with Crippen LogP contribution in [0.3, 0.4) is 0 Å². The number of likely N-dealkylation sites (tertiary alicyclic amines) is 1. The summed E-state index contributed by atoms with van der Waals surface area (Å²) in [6.45, 7) is 3.17. The summed E-state index contributed by atoms with van der Waals surface area (Å²) in [5.41, 5.74) is 6.48. The molecule has 1 unspecified atom stereocenters. The average Bonchev–Trinajstić information content (AvgIpc) is 2.81. The van der Waals surface area contributed by atoms with Crippen molar-refractivity contribution < 1.29 is 9.59 Å². The Morgan fingerprint density at radius 1 is 1.53 bits per heavy atom. The Hall–Kier alpha value is -1.62. The second-order valence-corrected chi connectivity index (χ2v) is 5.77. The van der Waals surface area contributed by atoms with Crippen LogP contribution in [0.15, 0.2) is 17.5 Å². The van der Waals surface area contributed by atoms with Gasteiger partial charge in [0, 0.05) is 24.0 Å². The molecule has 1 atom stereocenters. The van der Waals surface area contributed by atoms with E-state index in [4.69, 9.17) is 5.73 Å². The molecule has 1 aromatic heterocycles. The Bertz CT molecular complexity index is 507. The molecule has 1 aromatic rings. The number of piperidine rings is 1. The number of hydrogen-bond acceptors (Lipinski definition) is 3. The molecule has 5 heteroatoms. The fraction of sp³-hybridized carbons (Fsp3) is 0.429. The normalized spacial score (nSPS) is 19.8. The lowest BCUT2D eigenvalue weighted by molar-refractivity contribution is -0.130. The number of amides is 2. The molecule has 1 aliphatic heterocycles. The summed E-state index contributed by atoms with van der Waals surface area (Å²) in [5, 5.41) is 2.00. The first kappa shape index (κ1) is 13.8. The minimum Gasteiger partial charge on any atom is -0.369 e. The summed E-state index contributed by atoms with van der Waals surface area (Å²) in [4.78, 5) is 26.0. The molecular weight excluding hydrogens is 260 g/mol. The first-order valence-electron chi connectivity index (χ1n) is 6.38. The van der Waals surface area contributed by atoms with Crippen LogP contribution in [-0.2, 0) is 9.59 Å². The van der Waals surface area contributed by atoms with E-state index in [1.807, 2.05) is 24.4 Å². The molecule has 0 aliphatic carbocycles. The van der Waals surface area contributed by atoms with Crippen LogP contribution in [-0.4, -0.2) is 29.8 Å². The Kier molecular flexibility index (Phi) is 4.37. The van der Waals surface area contributed by atoms with Crippen molar-refractivity contribution in [1.29, 1.82) is 0 Å². The summed E-state index contributed by atoms with van der Waals surface area (Å²) < 4.78 is 0. The number of carbonyl (C=O) groups is 2. The second kappa shape index (κ2) is 6.02. The van der Waals surface area contributed by atoms with Crippen LogP contribution in [0.25, 0.3) is 6.08 Å². The molecule has 2 rings (SSSR count). The Morgan fingerprint density at radius 3 is 2.95 bits per heavy atom. The zero-order valence-corrected chi connectivity index (χ0v) is 11.8. The maximum atomic E-state index is 12.1. The van der Waals surface area contributed by atoms with E-state index in [2.05, 4.69) is 0 Å². The van der Waals surface area contributed by atoms with Crippen LogP contribution in [0.1, 0.15) is 23.3 Å². The van der Waals surface area contributed by atoms with Gasteiger partial charge in [0.1, 0.15) is 0 Å². The molecule has 1 saturated heterocycles. The van der Waals surface area contributed by atoms with Crippen molar-refractivity contribution in [2.75, 3.05) is 13.1 Å². The Labute approximate surface area is 116 Å². The summed E-state index contributed by atoms with van der Waals surface area (Å²) >= 11 is 1.61. The summed E-state index contributed by atoms with van der Waals surface area (Å²) in [5.74, 6) is -0.552. The molecule has 2 amide bonds. The first-order valence-corrected chi connectivity index (χ1v) is 7.26. The van der Waals surface area contributed by atoms with Crippen LogP contribution in [0.4, 0.5) is 0 Å². The van der Waals surface area contributed by atoms with Crippen LogP contribution in [0.5, 0.6) is 0 Å². The van der Waals surface area contributed by atoms with Crippen molar-refractivity contribution in [3.05, 3.63) is 28.0 Å². The number of rotatable bonds is 3. The number of aryl methyl sites for hydroxylation is 1. The van der Waals surface area contributed by atoms with E-state index in [9.17, 15) is 9.59 Å². The van der Waals surface area contributed by atoms with Gasteiger partial charge in [0.05, 0.1) is 5.92 Å². The molecule has 0 saturated carbocycles. The van der Waals surface area contributed by atoms with Crippen molar-refractivity contribution >= 4 is 29.2 Å². The average molecular weight is 278 g/mol. The number of nitrogens with two attached hydrogens (primary N) is 1. The summed E-state index contributed by atoms with van der Waals surface area (Å²) in [6, 6.07) is 2.03. The van der Waals surface area contributed by atoms with Crippen molar-refractivity contribution in [2.24, 2.45) is 11.7 Å². The Balaban J connectivity index is 1.98. The van der Waals surface area contributed by atoms with Crippen LogP contribution >= 0.6 is 11.3 Å². The molecule has 0 radical (unpaired) electrons. The lowest BCUT2D eigenvalue weighted by Gasteiger charge is -2.30. The molecule has 2 N–H and O–H groups in total. The highest BCUT2D eigenvalue weighted by Crippen LogP contribution is 2.19. The van der Waals surface area contributed by atoms with E-state index >= 15 is 0 Å². The third-order valence-electron chi connectivity index (χ3n) is 3.41. The first-order chi connectivity index (χ1) is 9.08. The molecule has 2 heterocycles. The number of nitrogens with zero attached hydrogens (tertiary/aromatic N) is 1. The summed E-state index contributed by atoms with van der Waals surface area (Å²) in [6.07, 6.45) is 5.05. The molecule has 1 fully saturated rings. The van der Waals surface area contributed by atoms with Crippen molar-refractivity contribution in [3.63, 3.8) is 0 Å². The van der Waals surface area contributed by atoms with E-state index in [-0.39, 0.29) is 17.7 Å². The zero-order chi connectivity index (χ0) is 13.8. The number of thiophene rings is 1. The highest BCUT2D eigenvalue weighted by molar-refractivity contribution is 7.11. The molecule has 4 nitrogen and oxygen atoms in total. The fourth-order valence-corrected chi connectivity index (χ4v) is 3.04. The van der Waals surface area contributed by atoms with Crippen LogP contribution in [0.2, 0.25) is 0 Å². The zero-order valence-electron chi connectivity index (χ0n) is 11.0. The molecule has 0 spiro atoms. The highest BCUT2D eigenvalue weighted by Gasteiger charge is 2.25. The predicted octanol–water partition coefficient (Wildman–Crippen LogP) is 1.79. The SMILES string of the molecule is Cc1ccsc1/C=C/C(=O)N1CCCC(C(N)=O)C1. The van der Waals surface area contributed by atoms with Crippen molar-refractivity contribution in [2.45, 2.75) is 19.8 Å². The molecule has 1 aliphatic rings. The van der Waals surface area contributed by atoms with Crippen molar-refractivity contribution in [3.8, 4) is 0 Å². The van der Waals surface area contributed by atoms with Crippen LogP contribution in [0, 0.1) is 12.8 Å². The van der Waals surface area contributed by atoms with Gasteiger partial charge in [-0.2, -0.15) is 0 Å². The van der Waals surface area contributed by atoms with E-state index < -0.39 is 0 Å². The fourth-order valence-electron chi connectivity index (χ4n) is 2.22. The molecule has 19 heavy (non-hydrogen) atoms. The van der Waals surface area contributed by atoms with E-state index in [0.717, 1.165) is 17.7 Å². The van der Waals surface area contributed by atoms with Gasteiger partial charge in [-0.15, -0.1) is 11.3 Å². The number of primary amides is 1.